The van der Waals surface area contributed by atoms with Crippen molar-refractivity contribution in [3.63, 3.8) is 0 Å². The second-order valence-corrected chi connectivity index (χ2v) is 9.86. The lowest BCUT2D eigenvalue weighted by Gasteiger charge is -2.12. The molecule has 0 saturated heterocycles. The smallest absolute Gasteiger partial charge is 0.214 e. The number of rotatable bonds is 7. The van der Waals surface area contributed by atoms with E-state index in [0.29, 0.717) is 23.3 Å². The molecule has 0 atom stereocenters. The summed E-state index contributed by atoms with van der Waals surface area (Å²) in [5, 5.41) is 3.82. The van der Waals surface area contributed by atoms with Crippen LogP contribution in [0.4, 0.5) is 5.69 Å². The van der Waals surface area contributed by atoms with E-state index in [-0.39, 0.29) is 5.43 Å². The molecular formula is C30H26N4OS. The summed E-state index contributed by atoms with van der Waals surface area (Å²) in [4.78, 5) is 28.3. The van der Waals surface area contributed by atoms with Crippen molar-refractivity contribution < 1.29 is 0 Å². The molecule has 0 spiro atoms. The summed E-state index contributed by atoms with van der Waals surface area (Å²) in [5.74, 6) is 0. The number of anilines is 1. The zero-order chi connectivity index (χ0) is 25.1. The van der Waals surface area contributed by atoms with Gasteiger partial charge in [0.05, 0.1) is 27.3 Å². The average molecular weight is 491 g/mol. The molecule has 0 aliphatic carbocycles. The molecule has 178 valence electrons. The van der Waals surface area contributed by atoms with Crippen molar-refractivity contribution in [3.8, 4) is 10.6 Å². The fourth-order valence-corrected chi connectivity index (χ4v) is 5.03. The number of nitrogens with zero attached hydrogens (tertiary/aromatic N) is 2. The second-order valence-electron chi connectivity index (χ2n) is 8.57. The van der Waals surface area contributed by atoms with Crippen molar-refractivity contribution in [2.45, 2.75) is 20.4 Å². The zero-order valence-corrected chi connectivity index (χ0v) is 21.0. The first-order chi connectivity index (χ1) is 17.5. The van der Waals surface area contributed by atoms with E-state index in [4.69, 9.17) is 4.98 Å². The summed E-state index contributed by atoms with van der Waals surface area (Å²) in [6.07, 6.45) is 7.28. The monoisotopic (exact) mass is 490 g/mol. The Morgan fingerprint density at radius 3 is 2.72 bits per heavy atom. The summed E-state index contributed by atoms with van der Waals surface area (Å²) in [7, 11) is 0. The number of pyridine rings is 3. The van der Waals surface area contributed by atoms with E-state index in [1.54, 1.807) is 29.8 Å². The molecule has 4 aromatic heterocycles. The molecule has 5 nitrogen and oxygen atoms in total. The Morgan fingerprint density at radius 1 is 1.14 bits per heavy atom. The molecule has 0 amide bonds. The van der Waals surface area contributed by atoms with Crippen LogP contribution in [0.3, 0.4) is 0 Å². The summed E-state index contributed by atoms with van der Waals surface area (Å²) in [6, 6.07) is 20.0. The fourth-order valence-electron chi connectivity index (χ4n) is 4.16. The minimum Gasteiger partial charge on any atom is -0.377 e. The molecule has 0 fully saturated rings. The number of hydrogen-bond acceptors (Lipinski definition) is 5. The van der Waals surface area contributed by atoms with Crippen LogP contribution in [0.1, 0.15) is 34.2 Å². The molecule has 5 aromatic rings. The lowest BCUT2D eigenvalue weighted by Crippen LogP contribution is -2.13. The number of fused-ring (bicyclic) bond motifs is 1. The van der Waals surface area contributed by atoms with Crippen LogP contribution in [0, 0.1) is 6.92 Å². The Balaban J connectivity index is 1.64. The van der Waals surface area contributed by atoms with Crippen LogP contribution in [0.25, 0.3) is 39.3 Å². The summed E-state index contributed by atoms with van der Waals surface area (Å²) < 4.78 is 0. The SMILES string of the molecule is C=Cc1ncccc1/C=C(\C)c1cc2c(=O)c(NCc3ccccc3)c[nH]c2nc1-c1ccc(C)s1. The molecule has 0 aliphatic rings. The van der Waals surface area contributed by atoms with Crippen LogP contribution in [0.15, 0.2) is 84.4 Å². The highest BCUT2D eigenvalue weighted by molar-refractivity contribution is 7.15. The summed E-state index contributed by atoms with van der Waals surface area (Å²) in [6.45, 7) is 8.57. The number of allylic oxidation sites excluding steroid dienone is 1. The quantitative estimate of drug-likeness (QED) is 0.254. The zero-order valence-electron chi connectivity index (χ0n) is 20.2. The van der Waals surface area contributed by atoms with Crippen LogP contribution in [0.2, 0.25) is 0 Å². The van der Waals surface area contributed by atoms with E-state index in [9.17, 15) is 4.79 Å². The summed E-state index contributed by atoms with van der Waals surface area (Å²) >= 11 is 1.69. The van der Waals surface area contributed by atoms with Gasteiger partial charge in [0.1, 0.15) is 5.65 Å². The van der Waals surface area contributed by atoms with Crippen molar-refractivity contribution >= 4 is 45.8 Å². The van der Waals surface area contributed by atoms with Crippen LogP contribution < -0.4 is 10.7 Å². The molecule has 36 heavy (non-hydrogen) atoms. The first-order valence-corrected chi connectivity index (χ1v) is 12.5. The highest BCUT2D eigenvalue weighted by Gasteiger charge is 2.16. The van der Waals surface area contributed by atoms with E-state index in [0.717, 1.165) is 38.5 Å². The molecule has 5 rings (SSSR count). The molecule has 4 heterocycles. The molecule has 1 aromatic carbocycles. The van der Waals surface area contributed by atoms with E-state index in [1.165, 1.54) is 4.88 Å². The van der Waals surface area contributed by atoms with E-state index in [2.05, 4.69) is 47.0 Å². The maximum atomic E-state index is 13.5. The Morgan fingerprint density at radius 2 is 1.97 bits per heavy atom. The minimum atomic E-state index is -0.0803. The largest absolute Gasteiger partial charge is 0.377 e. The topological polar surface area (TPSA) is 70.7 Å². The van der Waals surface area contributed by atoms with Gasteiger partial charge in [0, 0.05) is 34.9 Å². The minimum absolute atomic E-state index is 0.0803. The number of aryl methyl sites for hydroxylation is 1. The van der Waals surface area contributed by atoms with Gasteiger partial charge in [-0.15, -0.1) is 11.3 Å². The maximum absolute atomic E-state index is 13.5. The van der Waals surface area contributed by atoms with Crippen molar-refractivity contribution in [3.05, 3.63) is 117 Å². The van der Waals surface area contributed by atoms with Gasteiger partial charge in [-0.25, -0.2) is 4.98 Å². The Labute approximate surface area is 213 Å². The number of nitrogens with one attached hydrogen (secondary N) is 2. The van der Waals surface area contributed by atoms with E-state index < -0.39 is 0 Å². The Bertz CT molecular complexity index is 1650. The average Bonchev–Trinajstić information content (AvgIpc) is 3.34. The van der Waals surface area contributed by atoms with Crippen LogP contribution >= 0.6 is 11.3 Å². The molecule has 0 radical (unpaired) electrons. The Hall–Kier alpha value is -4.29. The molecule has 0 bridgehead atoms. The van der Waals surface area contributed by atoms with Crippen LogP contribution in [-0.2, 0) is 6.54 Å². The third-order valence-electron chi connectivity index (χ3n) is 6.03. The molecule has 0 aliphatic heterocycles. The number of hydrogen-bond donors (Lipinski definition) is 2. The maximum Gasteiger partial charge on any atom is 0.214 e. The lowest BCUT2D eigenvalue weighted by molar-refractivity contribution is 1.13. The van der Waals surface area contributed by atoms with Crippen LogP contribution in [0.5, 0.6) is 0 Å². The van der Waals surface area contributed by atoms with Crippen molar-refractivity contribution in [2.75, 3.05) is 5.32 Å². The number of aromatic amines is 1. The third kappa shape index (κ3) is 4.76. The van der Waals surface area contributed by atoms with E-state index >= 15 is 0 Å². The molecule has 2 N–H and O–H groups in total. The molecule has 6 heteroatoms. The molecule has 0 unspecified atom stereocenters. The predicted molar refractivity (Wildman–Crippen MR) is 152 cm³/mol. The standard InChI is InChI=1S/C30H26N4OS/c1-4-25-22(11-8-14-31-25)15-19(2)23-16-24-29(35)26(32-17-21-9-6-5-7-10-21)18-33-30(24)34-28(23)27-13-12-20(3)36-27/h4-16,18,32H,1,17H2,2-3H3,(H,33,34,35)/b19-15+. The van der Waals surface area contributed by atoms with Crippen molar-refractivity contribution in [1.29, 1.82) is 0 Å². The Kier molecular flexibility index (Phi) is 6.60. The number of thiophene rings is 1. The number of benzene rings is 1. The lowest BCUT2D eigenvalue weighted by atomic mass is 9.99. The highest BCUT2D eigenvalue weighted by Crippen LogP contribution is 2.34. The first-order valence-electron chi connectivity index (χ1n) is 11.7. The first kappa shape index (κ1) is 23.5. The second kappa shape index (κ2) is 10.1. The number of aromatic nitrogens is 3. The number of H-pyrrole nitrogens is 1. The highest BCUT2D eigenvalue weighted by atomic mass is 32.1. The fraction of sp³-hybridized carbons (Fsp3) is 0.100. The van der Waals surface area contributed by atoms with Gasteiger partial charge in [-0.05, 0) is 61.4 Å². The van der Waals surface area contributed by atoms with Gasteiger partial charge in [-0.3, -0.25) is 9.78 Å². The predicted octanol–water partition coefficient (Wildman–Crippen LogP) is 7.17. The van der Waals surface area contributed by atoms with Gasteiger partial charge in [-0.1, -0.05) is 43.0 Å². The normalized spacial score (nSPS) is 11.6. The van der Waals surface area contributed by atoms with Gasteiger partial charge < -0.3 is 10.3 Å². The summed E-state index contributed by atoms with van der Waals surface area (Å²) in [5.41, 5.74) is 6.62. The van der Waals surface area contributed by atoms with Crippen molar-refractivity contribution in [1.82, 2.24) is 15.0 Å². The van der Waals surface area contributed by atoms with Gasteiger partial charge >= 0.3 is 0 Å². The van der Waals surface area contributed by atoms with Crippen molar-refractivity contribution in [2.24, 2.45) is 0 Å². The third-order valence-corrected chi connectivity index (χ3v) is 7.03. The van der Waals surface area contributed by atoms with Crippen LogP contribution in [-0.4, -0.2) is 15.0 Å². The molecular weight excluding hydrogens is 464 g/mol. The van der Waals surface area contributed by atoms with Gasteiger partial charge in [-0.2, -0.15) is 0 Å². The van der Waals surface area contributed by atoms with Gasteiger partial charge in [0.2, 0.25) is 5.43 Å². The molecule has 0 saturated carbocycles. The van der Waals surface area contributed by atoms with Gasteiger partial charge in [0.25, 0.3) is 0 Å². The van der Waals surface area contributed by atoms with E-state index in [1.807, 2.05) is 55.5 Å². The van der Waals surface area contributed by atoms with Gasteiger partial charge in [0.15, 0.2) is 0 Å².